The SMILES string of the molecule is CN1C(=O)CCc2cc(C(=O)CCCCNCCc3ccc(F)cc3Cl)ccc21.Cl. The Hall–Kier alpha value is -1.95. The number of halogens is 3. The summed E-state index contributed by atoms with van der Waals surface area (Å²) in [6.07, 6.45) is 4.17. The van der Waals surface area contributed by atoms with E-state index in [9.17, 15) is 14.0 Å². The first kappa shape index (κ1) is 24.3. The maximum atomic E-state index is 13.0. The molecule has 0 unspecified atom stereocenters. The van der Waals surface area contributed by atoms with E-state index in [0.717, 1.165) is 54.7 Å². The highest BCUT2D eigenvalue weighted by Gasteiger charge is 2.21. The Morgan fingerprint density at radius 2 is 1.93 bits per heavy atom. The molecule has 7 heteroatoms. The molecule has 1 heterocycles. The molecule has 4 nitrogen and oxygen atoms in total. The van der Waals surface area contributed by atoms with Crippen molar-refractivity contribution in [3.8, 4) is 0 Å². The lowest BCUT2D eigenvalue weighted by atomic mass is 9.96. The number of aryl methyl sites for hydroxylation is 1. The first-order valence-electron chi connectivity index (χ1n) is 10.0. The number of amides is 1. The lowest BCUT2D eigenvalue weighted by Gasteiger charge is -2.26. The normalized spacial score (nSPS) is 13.0. The van der Waals surface area contributed by atoms with Crippen molar-refractivity contribution in [3.05, 3.63) is 63.9 Å². The third-order valence-electron chi connectivity index (χ3n) is 5.34. The minimum absolute atomic E-state index is 0. The molecule has 0 radical (unpaired) electrons. The zero-order valence-corrected chi connectivity index (χ0v) is 18.6. The molecule has 1 aliphatic rings. The number of hydrogen-bond acceptors (Lipinski definition) is 3. The number of Topliss-reactive ketones (excluding diaryl/α,β-unsaturated/α-hetero) is 1. The topological polar surface area (TPSA) is 49.4 Å². The Kier molecular flexibility index (Phi) is 9.28. The van der Waals surface area contributed by atoms with Crippen LogP contribution in [-0.2, 0) is 17.6 Å². The molecule has 30 heavy (non-hydrogen) atoms. The molecule has 0 aromatic heterocycles. The summed E-state index contributed by atoms with van der Waals surface area (Å²) >= 11 is 6.02. The van der Waals surface area contributed by atoms with E-state index in [1.165, 1.54) is 12.1 Å². The van der Waals surface area contributed by atoms with Gasteiger partial charge in [0, 0.05) is 36.2 Å². The van der Waals surface area contributed by atoms with Crippen LogP contribution in [0.4, 0.5) is 10.1 Å². The summed E-state index contributed by atoms with van der Waals surface area (Å²) in [4.78, 5) is 25.9. The maximum absolute atomic E-state index is 13.0. The van der Waals surface area contributed by atoms with Crippen molar-refractivity contribution in [2.24, 2.45) is 0 Å². The van der Waals surface area contributed by atoms with Gasteiger partial charge in [-0.15, -0.1) is 12.4 Å². The van der Waals surface area contributed by atoms with Gasteiger partial charge in [-0.2, -0.15) is 0 Å². The van der Waals surface area contributed by atoms with Gasteiger partial charge in [-0.3, -0.25) is 9.59 Å². The monoisotopic (exact) mass is 452 g/mol. The van der Waals surface area contributed by atoms with E-state index < -0.39 is 0 Å². The summed E-state index contributed by atoms with van der Waals surface area (Å²) in [5.74, 6) is -0.0629. The fourth-order valence-corrected chi connectivity index (χ4v) is 3.84. The van der Waals surface area contributed by atoms with Crippen LogP contribution < -0.4 is 10.2 Å². The number of anilines is 1. The predicted molar refractivity (Wildman–Crippen MR) is 122 cm³/mol. The van der Waals surface area contributed by atoms with E-state index in [-0.39, 0.29) is 29.9 Å². The van der Waals surface area contributed by atoms with Gasteiger partial charge < -0.3 is 10.2 Å². The highest BCUT2D eigenvalue weighted by molar-refractivity contribution is 6.31. The van der Waals surface area contributed by atoms with Gasteiger partial charge in [0.15, 0.2) is 5.78 Å². The summed E-state index contributed by atoms with van der Waals surface area (Å²) < 4.78 is 13.0. The number of fused-ring (bicyclic) bond motifs is 1. The lowest BCUT2D eigenvalue weighted by molar-refractivity contribution is -0.118. The van der Waals surface area contributed by atoms with Crippen LogP contribution in [0.2, 0.25) is 5.02 Å². The first-order chi connectivity index (χ1) is 14.0. The molecule has 0 saturated carbocycles. The summed E-state index contributed by atoms with van der Waals surface area (Å²) in [7, 11) is 1.78. The zero-order chi connectivity index (χ0) is 20.8. The molecule has 1 N–H and O–H groups in total. The summed E-state index contributed by atoms with van der Waals surface area (Å²) in [5.41, 5.74) is 3.63. The second-order valence-corrected chi connectivity index (χ2v) is 7.82. The predicted octanol–water partition coefficient (Wildman–Crippen LogP) is 5.00. The van der Waals surface area contributed by atoms with Crippen molar-refractivity contribution in [3.63, 3.8) is 0 Å². The van der Waals surface area contributed by atoms with Gasteiger partial charge in [-0.1, -0.05) is 17.7 Å². The second kappa shape index (κ2) is 11.4. The van der Waals surface area contributed by atoms with E-state index in [1.807, 2.05) is 18.2 Å². The highest BCUT2D eigenvalue weighted by Crippen LogP contribution is 2.28. The molecule has 162 valence electrons. The Bertz CT molecular complexity index is 905. The van der Waals surface area contributed by atoms with Crippen molar-refractivity contribution in [2.45, 2.75) is 38.5 Å². The molecular formula is C23H27Cl2FN2O2. The molecular weight excluding hydrogens is 426 g/mol. The van der Waals surface area contributed by atoms with Crippen LogP contribution in [0.25, 0.3) is 0 Å². The average molecular weight is 453 g/mol. The number of benzene rings is 2. The second-order valence-electron chi connectivity index (χ2n) is 7.41. The van der Waals surface area contributed by atoms with E-state index in [2.05, 4.69) is 5.32 Å². The van der Waals surface area contributed by atoms with Crippen LogP contribution in [0.1, 0.15) is 47.2 Å². The molecule has 0 bridgehead atoms. The minimum atomic E-state index is -0.323. The van der Waals surface area contributed by atoms with Gasteiger partial charge in [-0.25, -0.2) is 4.39 Å². The zero-order valence-electron chi connectivity index (χ0n) is 17.0. The van der Waals surface area contributed by atoms with Crippen LogP contribution in [0.5, 0.6) is 0 Å². The molecule has 1 aliphatic heterocycles. The molecule has 0 spiro atoms. The van der Waals surface area contributed by atoms with Gasteiger partial charge in [-0.05, 0) is 80.2 Å². The van der Waals surface area contributed by atoms with E-state index >= 15 is 0 Å². The van der Waals surface area contributed by atoms with Gasteiger partial charge in [0.25, 0.3) is 0 Å². The van der Waals surface area contributed by atoms with E-state index in [4.69, 9.17) is 11.6 Å². The number of unbranched alkanes of at least 4 members (excludes halogenated alkanes) is 1. The summed E-state index contributed by atoms with van der Waals surface area (Å²) in [5, 5.41) is 3.79. The van der Waals surface area contributed by atoms with Gasteiger partial charge >= 0.3 is 0 Å². The molecule has 1 amide bonds. The van der Waals surface area contributed by atoms with Crippen LogP contribution in [0, 0.1) is 5.82 Å². The van der Waals surface area contributed by atoms with Crippen LogP contribution in [-0.4, -0.2) is 31.8 Å². The fourth-order valence-electron chi connectivity index (χ4n) is 3.58. The first-order valence-corrected chi connectivity index (χ1v) is 10.4. The number of ketones is 1. The Morgan fingerprint density at radius 3 is 2.70 bits per heavy atom. The third-order valence-corrected chi connectivity index (χ3v) is 5.69. The van der Waals surface area contributed by atoms with Gasteiger partial charge in [0.2, 0.25) is 5.91 Å². The highest BCUT2D eigenvalue weighted by atomic mass is 35.5. The summed E-state index contributed by atoms with van der Waals surface area (Å²) in [6, 6.07) is 10.1. The van der Waals surface area contributed by atoms with Gasteiger partial charge in [0.1, 0.15) is 5.82 Å². The van der Waals surface area contributed by atoms with Gasteiger partial charge in [0.05, 0.1) is 0 Å². The van der Waals surface area contributed by atoms with E-state index in [0.29, 0.717) is 24.3 Å². The van der Waals surface area contributed by atoms with Crippen molar-refractivity contribution in [1.29, 1.82) is 0 Å². The molecule has 0 saturated heterocycles. The Morgan fingerprint density at radius 1 is 1.13 bits per heavy atom. The molecule has 0 atom stereocenters. The van der Waals surface area contributed by atoms with Crippen molar-refractivity contribution >= 4 is 41.4 Å². The number of carbonyl (C=O) groups is 2. The van der Waals surface area contributed by atoms with Crippen LogP contribution in [0.3, 0.4) is 0 Å². The van der Waals surface area contributed by atoms with Crippen LogP contribution >= 0.6 is 24.0 Å². The lowest BCUT2D eigenvalue weighted by Crippen LogP contribution is -2.31. The minimum Gasteiger partial charge on any atom is -0.316 e. The standard InChI is InChI=1S/C23H26ClFN2O2.ClH/c1-27-21-9-6-18(14-17(21)7-10-23(27)29)22(28)4-2-3-12-26-13-11-16-5-8-19(25)15-20(16)24;/h5-6,8-9,14-15,26H,2-4,7,10-13H2,1H3;1H. The van der Waals surface area contributed by atoms with Crippen molar-refractivity contribution < 1.29 is 14.0 Å². The van der Waals surface area contributed by atoms with Crippen LogP contribution in [0.15, 0.2) is 36.4 Å². The number of nitrogens with one attached hydrogen (secondary N) is 1. The molecule has 2 aromatic carbocycles. The largest absolute Gasteiger partial charge is 0.316 e. The number of carbonyl (C=O) groups excluding carboxylic acids is 2. The van der Waals surface area contributed by atoms with Crippen molar-refractivity contribution in [1.82, 2.24) is 5.32 Å². The average Bonchev–Trinajstić information content (AvgIpc) is 2.71. The quantitative estimate of drug-likeness (QED) is 0.430. The number of hydrogen-bond donors (Lipinski definition) is 1. The number of nitrogens with zero attached hydrogens (tertiary/aromatic N) is 1. The third kappa shape index (κ3) is 6.27. The number of rotatable bonds is 9. The van der Waals surface area contributed by atoms with Crippen molar-refractivity contribution in [2.75, 3.05) is 25.0 Å². The maximum Gasteiger partial charge on any atom is 0.227 e. The molecule has 0 aliphatic carbocycles. The molecule has 3 rings (SSSR count). The molecule has 2 aromatic rings. The smallest absolute Gasteiger partial charge is 0.227 e. The van der Waals surface area contributed by atoms with E-state index in [1.54, 1.807) is 18.0 Å². The Balaban J connectivity index is 0.00000320. The summed E-state index contributed by atoms with van der Waals surface area (Å²) in [6.45, 7) is 1.58. The Labute approximate surface area is 188 Å². The fraction of sp³-hybridized carbons (Fsp3) is 0.391. The molecule has 0 fully saturated rings.